The Morgan fingerprint density at radius 2 is 2.15 bits per heavy atom. The zero-order valence-corrected chi connectivity index (χ0v) is 8.69. The summed E-state index contributed by atoms with van der Waals surface area (Å²) in [5, 5.41) is 0.779. The number of aryl methyl sites for hydroxylation is 2. The average Bonchev–Trinajstić information content (AvgIpc) is 2.07. The molecule has 2 heteroatoms. The summed E-state index contributed by atoms with van der Waals surface area (Å²) in [5.74, 6) is 0.219. The minimum Gasteiger partial charge on any atom is -0.300 e. The van der Waals surface area contributed by atoms with E-state index in [1.54, 1.807) is 6.92 Å². The van der Waals surface area contributed by atoms with Crippen molar-refractivity contribution >= 4 is 17.4 Å². The molecule has 0 aliphatic rings. The molecular formula is C11H13ClO. The zero-order valence-electron chi connectivity index (χ0n) is 7.93. The van der Waals surface area contributed by atoms with Crippen LogP contribution in [0.15, 0.2) is 18.2 Å². The topological polar surface area (TPSA) is 17.1 Å². The van der Waals surface area contributed by atoms with E-state index in [2.05, 4.69) is 0 Å². The van der Waals surface area contributed by atoms with Crippen molar-refractivity contribution in [3.8, 4) is 0 Å². The maximum absolute atomic E-state index is 10.7. The summed E-state index contributed by atoms with van der Waals surface area (Å²) >= 11 is 5.94. The van der Waals surface area contributed by atoms with E-state index in [0.717, 1.165) is 22.6 Å². The Bertz CT molecular complexity index is 318. The zero-order chi connectivity index (χ0) is 9.84. The molecule has 13 heavy (non-hydrogen) atoms. The van der Waals surface area contributed by atoms with Gasteiger partial charge in [0.2, 0.25) is 0 Å². The first kappa shape index (κ1) is 10.3. The van der Waals surface area contributed by atoms with Gasteiger partial charge in [-0.3, -0.25) is 0 Å². The van der Waals surface area contributed by atoms with Gasteiger partial charge in [0.15, 0.2) is 0 Å². The highest BCUT2D eigenvalue weighted by Crippen LogP contribution is 2.17. The Kier molecular flexibility index (Phi) is 3.49. The van der Waals surface area contributed by atoms with Gasteiger partial charge in [-0.15, -0.1) is 0 Å². The molecule has 0 spiro atoms. The van der Waals surface area contributed by atoms with Crippen LogP contribution in [0.2, 0.25) is 5.02 Å². The van der Waals surface area contributed by atoms with Gasteiger partial charge in [-0.05, 0) is 37.5 Å². The molecule has 1 nitrogen and oxygen atoms in total. The first-order valence-electron chi connectivity index (χ1n) is 4.34. The molecule has 0 amide bonds. The maximum Gasteiger partial charge on any atom is 0.130 e. The van der Waals surface area contributed by atoms with E-state index >= 15 is 0 Å². The predicted octanol–water partition coefficient (Wildman–Crippen LogP) is 3.17. The molecule has 1 aromatic rings. The van der Waals surface area contributed by atoms with Gasteiger partial charge in [-0.1, -0.05) is 23.7 Å². The molecule has 0 fully saturated rings. The van der Waals surface area contributed by atoms with Crippen LogP contribution in [0.5, 0.6) is 0 Å². The summed E-state index contributed by atoms with van der Waals surface area (Å²) < 4.78 is 0. The number of carbonyl (C=O) groups excluding carboxylic acids is 1. The Hall–Kier alpha value is -0.820. The SMILES string of the molecule is CC(=O)CCc1ccc(C)c(Cl)c1. The van der Waals surface area contributed by atoms with Crippen LogP contribution in [-0.4, -0.2) is 5.78 Å². The van der Waals surface area contributed by atoms with Crippen molar-refractivity contribution in [3.05, 3.63) is 34.3 Å². The highest BCUT2D eigenvalue weighted by Gasteiger charge is 1.99. The van der Waals surface area contributed by atoms with Crippen molar-refractivity contribution in [1.82, 2.24) is 0 Å². The Balaban J connectivity index is 2.68. The van der Waals surface area contributed by atoms with Crippen LogP contribution >= 0.6 is 11.6 Å². The van der Waals surface area contributed by atoms with E-state index in [1.807, 2.05) is 25.1 Å². The number of halogens is 1. The molecule has 0 heterocycles. The molecule has 0 unspecified atom stereocenters. The lowest BCUT2D eigenvalue weighted by atomic mass is 10.1. The Labute approximate surface area is 83.7 Å². The fourth-order valence-corrected chi connectivity index (χ4v) is 1.32. The van der Waals surface area contributed by atoms with Crippen LogP contribution in [-0.2, 0) is 11.2 Å². The summed E-state index contributed by atoms with van der Waals surface area (Å²) in [6.07, 6.45) is 1.38. The highest BCUT2D eigenvalue weighted by molar-refractivity contribution is 6.31. The first-order chi connectivity index (χ1) is 6.09. The molecule has 0 aliphatic carbocycles. The van der Waals surface area contributed by atoms with E-state index in [0.29, 0.717) is 6.42 Å². The third-order valence-corrected chi connectivity index (χ3v) is 2.41. The minimum atomic E-state index is 0.219. The van der Waals surface area contributed by atoms with Gasteiger partial charge in [0.25, 0.3) is 0 Å². The van der Waals surface area contributed by atoms with Crippen molar-refractivity contribution in [2.24, 2.45) is 0 Å². The standard InChI is InChI=1S/C11H13ClO/c1-8-3-5-10(7-11(8)12)6-4-9(2)13/h3,5,7H,4,6H2,1-2H3. The summed E-state index contributed by atoms with van der Waals surface area (Å²) in [6.45, 7) is 3.58. The molecule has 0 N–H and O–H groups in total. The molecule has 1 rings (SSSR count). The predicted molar refractivity (Wildman–Crippen MR) is 55.2 cm³/mol. The van der Waals surface area contributed by atoms with Crippen molar-refractivity contribution in [3.63, 3.8) is 0 Å². The molecule has 0 saturated heterocycles. The lowest BCUT2D eigenvalue weighted by Gasteiger charge is -2.02. The number of rotatable bonds is 3. The summed E-state index contributed by atoms with van der Waals surface area (Å²) in [5.41, 5.74) is 2.21. The van der Waals surface area contributed by atoms with Gasteiger partial charge in [0.05, 0.1) is 0 Å². The number of ketones is 1. The van der Waals surface area contributed by atoms with E-state index in [4.69, 9.17) is 11.6 Å². The van der Waals surface area contributed by atoms with Crippen molar-refractivity contribution in [2.75, 3.05) is 0 Å². The van der Waals surface area contributed by atoms with Gasteiger partial charge < -0.3 is 4.79 Å². The first-order valence-corrected chi connectivity index (χ1v) is 4.72. The van der Waals surface area contributed by atoms with Gasteiger partial charge in [-0.25, -0.2) is 0 Å². The van der Waals surface area contributed by atoms with Crippen molar-refractivity contribution < 1.29 is 4.79 Å². The second-order valence-electron chi connectivity index (χ2n) is 3.29. The molecule has 0 saturated carbocycles. The molecule has 0 radical (unpaired) electrons. The lowest BCUT2D eigenvalue weighted by Crippen LogP contribution is -1.94. The third-order valence-electron chi connectivity index (χ3n) is 2.00. The van der Waals surface area contributed by atoms with Gasteiger partial charge in [0, 0.05) is 11.4 Å². The number of Topliss-reactive ketones (excluding diaryl/α,β-unsaturated/α-hetero) is 1. The van der Waals surface area contributed by atoms with Crippen LogP contribution in [0.25, 0.3) is 0 Å². The monoisotopic (exact) mass is 196 g/mol. The number of benzene rings is 1. The van der Waals surface area contributed by atoms with Crippen LogP contribution in [0.1, 0.15) is 24.5 Å². The molecule has 0 bridgehead atoms. The average molecular weight is 197 g/mol. The normalized spacial score (nSPS) is 10.1. The summed E-state index contributed by atoms with van der Waals surface area (Å²) in [7, 11) is 0. The van der Waals surface area contributed by atoms with E-state index in [1.165, 1.54) is 0 Å². The smallest absolute Gasteiger partial charge is 0.130 e. The van der Waals surface area contributed by atoms with Gasteiger partial charge >= 0.3 is 0 Å². The van der Waals surface area contributed by atoms with E-state index < -0.39 is 0 Å². The fraction of sp³-hybridized carbons (Fsp3) is 0.364. The number of carbonyl (C=O) groups is 1. The molecule has 0 aliphatic heterocycles. The molecule has 1 aromatic carbocycles. The lowest BCUT2D eigenvalue weighted by molar-refractivity contribution is -0.116. The molecule has 70 valence electrons. The van der Waals surface area contributed by atoms with Gasteiger partial charge in [-0.2, -0.15) is 0 Å². The van der Waals surface area contributed by atoms with Crippen molar-refractivity contribution in [2.45, 2.75) is 26.7 Å². The van der Waals surface area contributed by atoms with Crippen LogP contribution < -0.4 is 0 Å². The minimum absolute atomic E-state index is 0.219. The number of hydrogen-bond donors (Lipinski definition) is 0. The summed E-state index contributed by atoms with van der Waals surface area (Å²) in [6, 6.07) is 5.93. The molecular weight excluding hydrogens is 184 g/mol. The Morgan fingerprint density at radius 1 is 1.46 bits per heavy atom. The van der Waals surface area contributed by atoms with Gasteiger partial charge in [0.1, 0.15) is 5.78 Å². The quantitative estimate of drug-likeness (QED) is 0.726. The number of hydrogen-bond acceptors (Lipinski definition) is 1. The van der Waals surface area contributed by atoms with E-state index in [-0.39, 0.29) is 5.78 Å². The second-order valence-corrected chi connectivity index (χ2v) is 3.69. The van der Waals surface area contributed by atoms with Crippen LogP contribution in [0, 0.1) is 6.92 Å². The maximum atomic E-state index is 10.7. The largest absolute Gasteiger partial charge is 0.300 e. The highest BCUT2D eigenvalue weighted by atomic mass is 35.5. The van der Waals surface area contributed by atoms with Crippen LogP contribution in [0.3, 0.4) is 0 Å². The molecule has 0 atom stereocenters. The van der Waals surface area contributed by atoms with E-state index in [9.17, 15) is 4.79 Å². The van der Waals surface area contributed by atoms with Crippen molar-refractivity contribution in [1.29, 1.82) is 0 Å². The second kappa shape index (κ2) is 4.43. The third kappa shape index (κ3) is 3.19. The fourth-order valence-electron chi connectivity index (χ4n) is 1.11. The Morgan fingerprint density at radius 3 is 2.69 bits per heavy atom. The summed E-state index contributed by atoms with van der Waals surface area (Å²) in [4.78, 5) is 10.7. The molecule has 0 aromatic heterocycles. The van der Waals surface area contributed by atoms with Crippen LogP contribution in [0.4, 0.5) is 0 Å².